The number of para-hydroxylation sites is 1. The molecule has 0 fully saturated rings. The molecule has 7 rings (SSSR count). The first-order valence-electron chi connectivity index (χ1n) is 10.9. The first-order chi connectivity index (χ1) is 15.7. The molecule has 0 saturated heterocycles. The molecule has 2 aromatic heterocycles. The van der Waals surface area contributed by atoms with Crippen LogP contribution in [0.25, 0.3) is 49.7 Å². The Balaban J connectivity index is 1.83. The van der Waals surface area contributed by atoms with Gasteiger partial charge in [0.25, 0.3) is 0 Å². The molecule has 6 aromatic rings. The summed E-state index contributed by atoms with van der Waals surface area (Å²) < 4.78 is 2.20. The highest BCUT2D eigenvalue weighted by molar-refractivity contribution is 6.25. The number of hydrogen-bond donors (Lipinski definition) is 0. The zero-order chi connectivity index (χ0) is 21.4. The van der Waals surface area contributed by atoms with E-state index in [9.17, 15) is 0 Å². The number of nitrogens with zero attached hydrogens (tertiary/aromatic N) is 4. The van der Waals surface area contributed by atoms with E-state index in [4.69, 9.17) is 0 Å². The topological polar surface area (TPSA) is 43.6 Å². The molecule has 1 aliphatic carbocycles. The largest absolute Gasteiger partial charge is 0.277 e. The molecule has 0 amide bonds. The van der Waals surface area contributed by atoms with E-state index in [0.29, 0.717) is 5.95 Å². The van der Waals surface area contributed by atoms with E-state index >= 15 is 0 Å². The first-order valence-corrected chi connectivity index (χ1v) is 10.9. The molecular weight excluding hydrogens is 392 g/mol. The number of fused-ring (bicyclic) bond motifs is 10. The van der Waals surface area contributed by atoms with E-state index in [1.165, 1.54) is 43.8 Å². The Morgan fingerprint density at radius 2 is 1.38 bits per heavy atom. The van der Waals surface area contributed by atoms with Crippen LogP contribution in [0, 0.1) is 0 Å². The van der Waals surface area contributed by atoms with Crippen LogP contribution in [0.5, 0.6) is 0 Å². The van der Waals surface area contributed by atoms with Gasteiger partial charge in [-0.3, -0.25) is 4.57 Å². The van der Waals surface area contributed by atoms with Gasteiger partial charge in [0.05, 0.1) is 11.0 Å². The van der Waals surface area contributed by atoms with Crippen molar-refractivity contribution < 1.29 is 0 Å². The second kappa shape index (κ2) is 6.01. The minimum absolute atomic E-state index is 0.123. The van der Waals surface area contributed by atoms with E-state index in [2.05, 4.69) is 106 Å². The van der Waals surface area contributed by atoms with E-state index < -0.39 is 0 Å². The van der Waals surface area contributed by atoms with Gasteiger partial charge in [0, 0.05) is 21.6 Å². The Labute approximate surface area is 185 Å². The van der Waals surface area contributed by atoms with E-state index in [-0.39, 0.29) is 5.41 Å². The quantitative estimate of drug-likeness (QED) is 0.313. The predicted octanol–water partition coefficient (Wildman–Crippen LogP) is 6.43. The highest BCUT2D eigenvalue weighted by Gasteiger charge is 2.39. The minimum Gasteiger partial charge on any atom is -0.277 e. The Hall–Kier alpha value is -4.05. The van der Waals surface area contributed by atoms with Crippen molar-refractivity contribution in [3.63, 3.8) is 0 Å². The van der Waals surface area contributed by atoms with Crippen molar-refractivity contribution in [1.29, 1.82) is 0 Å². The van der Waals surface area contributed by atoms with Crippen molar-refractivity contribution in [1.82, 2.24) is 19.5 Å². The fraction of sp³-hybridized carbons (Fsp3) is 0.107. The lowest BCUT2D eigenvalue weighted by Gasteiger charge is -2.23. The highest BCUT2D eigenvalue weighted by Crippen LogP contribution is 2.56. The third-order valence-corrected chi connectivity index (χ3v) is 7.00. The van der Waals surface area contributed by atoms with Crippen LogP contribution in [0.3, 0.4) is 0 Å². The van der Waals surface area contributed by atoms with Crippen LogP contribution in [0.1, 0.15) is 25.0 Å². The molecular formula is C28H20N4. The van der Waals surface area contributed by atoms with Gasteiger partial charge in [0.15, 0.2) is 0 Å². The van der Waals surface area contributed by atoms with Crippen LogP contribution in [0.4, 0.5) is 0 Å². The van der Waals surface area contributed by atoms with Crippen LogP contribution in [-0.2, 0) is 5.41 Å². The van der Waals surface area contributed by atoms with Gasteiger partial charge >= 0.3 is 0 Å². The fourth-order valence-electron chi connectivity index (χ4n) is 5.76. The second-order valence-corrected chi connectivity index (χ2v) is 8.98. The molecule has 2 heterocycles. The van der Waals surface area contributed by atoms with Crippen LogP contribution in [-0.4, -0.2) is 19.5 Å². The van der Waals surface area contributed by atoms with Crippen molar-refractivity contribution in [2.45, 2.75) is 19.3 Å². The normalized spacial score (nSPS) is 14.2. The summed E-state index contributed by atoms with van der Waals surface area (Å²) >= 11 is 0. The molecule has 0 atom stereocenters. The maximum absolute atomic E-state index is 4.54. The lowest BCUT2D eigenvalue weighted by Crippen LogP contribution is -2.15. The molecule has 0 unspecified atom stereocenters. The highest BCUT2D eigenvalue weighted by atomic mass is 15.2. The Bertz CT molecular complexity index is 1690. The summed E-state index contributed by atoms with van der Waals surface area (Å²) in [6.07, 6.45) is 3.14. The third-order valence-electron chi connectivity index (χ3n) is 7.00. The molecule has 0 N–H and O–H groups in total. The molecule has 4 aromatic carbocycles. The summed E-state index contributed by atoms with van der Waals surface area (Å²) in [6.45, 7) is 4.70. The molecule has 0 radical (unpaired) electrons. The average Bonchev–Trinajstić information content (AvgIpc) is 3.30. The average molecular weight is 412 g/mol. The standard InChI is InChI=1S/C28H20N4/c1-28(2)21-13-7-5-11-19(21)23-17-9-3-4-10-18(17)26-24(25(23)28)20-12-6-8-14-22(20)32(26)27-30-15-29-16-31-27/h3-16H,1-2H3. The molecule has 32 heavy (non-hydrogen) atoms. The smallest absolute Gasteiger partial charge is 0.237 e. The second-order valence-electron chi connectivity index (χ2n) is 8.98. The number of aromatic nitrogens is 4. The molecule has 4 nitrogen and oxygen atoms in total. The first kappa shape index (κ1) is 17.6. The van der Waals surface area contributed by atoms with Crippen molar-refractivity contribution in [3.8, 4) is 17.1 Å². The van der Waals surface area contributed by atoms with Crippen molar-refractivity contribution in [3.05, 3.63) is 96.6 Å². The van der Waals surface area contributed by atoms with Crippen LogP contribution in [0.15, 0.2) is 85.5 Å². The lowest BCUT2D eigenvalue weighted by molar-refractivity contribution is 0.667. The zero-order valence-electron chi connectivity index (χ0n) is 17.9. The van der Waals surface area contributed by atoms with E-state index in [1.54, 1.807) is 12.7 Å². The SMILES string of the molecule is CC1(C)c2ccccc2-c2c1c1c3ccccc3n(-c3ncncn3)c1c1ccccc21. The molecule has 0 bridgehead atoms. The summed E-state index contributed by atoms with van der Waals surface area (Å²) in [6, 6.07) is 26.2. The lowest BCUT2D eigenvalue weighted by atomic mass is 9.79. The van der Waals surface area contributed by atoms with Gasteiger partial charge in [-0.25, -0.2) is 15.0 Å². The summed E-state index contributed by atoms with van der Waals surface area (Å²) in [4.78, 5) is 13.1. The summed E-state index contributed by atoms with van der Waals surface area (Å²) in [5.41, 5.74) is 7.60. The van der Waals surface area contributed by atoms with Crippen LogP contribution >= 0.6 is 0 Å². The molecule has 0 aliphatic heterocycles. The molecule has 0 spiro atoms. The predicted molar refractivity (Wildman–Crippen MR) is 129 cm³/mol. The fourth-order valence-corrected chi connectivity index (χ4v) is 5.76. The number of benzene rings is 4. The summed E-state index contributed by atoms with van der Waals surface area (Å²) in [7, 11) is 0. The van der Waals surface area contributed by atoms with Gasteiger partial charge in [0.1, 0.15) is 12.7 Å². The Kier molecular flexibility index (Phi) is 3.31. The van der Waals surface area contributed by atoms with Crippen molar-refractivity contribution >= 4 is 32.6 Å². The van der Waals surface area contributed by atoms with Gasteiger partial charge in [-0.05, 0) is 33.7 Å². The van der Waals surface area contributed by atoms with Crippen molar-refractivity contribution in [2.24, 2.45) is 0 Å². The Morgan fingerprint density at radius 1 is 0.719 bits per heavy atom. The monoisotopic (exact) mass is 412 g/mol. The zero-order valence-corrected chi connectivity index (χ0v) is 17.9. The Morgan fingerprint density at radius 3 is 2.19 bits per heavy atom. The summed E-state index contributed by atoms with van der Waals surface area (Å²) in [5, 5.41) is 5.00. The maximum atomic E-state index is 4.54. The van der Waals surface area contributed by atoms with E-state index in [0.717, 1.165) is 11.0 Å². The molecule has 0 saturated carbocycles. The minimum atomic E-state index is -0.123. The van der Waals surface area contributed by atoms with Gasteiger partial charge in [-0.1, -0.05) is 80.6 Å². The maximum Gasteiger partial charge on any atom is 0.237 e. The van der Waals surface area contributed by atoms with Gasteiger partial charge in [-0.15, -0.1) is 0 Å². The molecule has 152 valence electrons. The van der Waals surface area contributed by atoms with Crippen LogP contribution < -0.4 is 0 Å². The van der Waals surface area contributed by atoms with Gasteiger partial charge in [0.2, 0.25) is 5.95 Å². The summed E-state index contributed by atoms with van der Waals surface area (Å²) in [5.74, 6) is 0.643. The number of hydrogen-bond acceptors (Lipinski definition) is 3. The van der Waals surface area contributed by atoms with Crippen molar-refractivity contribution in [2.75, 3.05) is 0 Å². The molecule has 4 heteroatoms. The third kappa shape index (κ3) is 2.04. The number of rotatable bonds is 1. The van der Waals surface area contributed by atoms with E-state index in [1.807, 2.05) is 0 Å². The van der Waals surface area contributed by atoms with Crippen LogP contribution in [0.2, 0.25) is 0 Å². The van der Waals surface area contributed by atoms with Gasteiger partial charge < -0.3 is 0 Å². The molecule has 1 aliphatic rings. The van der Waals surface area contributed by atoms with Gasteiger partial charge in [-0.2, -0.15) is 0 Å².